The molecule has 0 unspecified atom stereocenters. The number of anilines is 4. The van der Waals surface area contributed by atoms with E-state index in [9.17, 15) is 4.79 Å². The summed E-state index contributed by atoms with van der Waals surface area (Å²) in [6.45, 7) is 5.36. The molecule has 0 aliphatic heterocycles. The van der Waals surface area contributed by atoms with Crippen molar-refractivity contribution in [3.63, 3.8) is 0 Å². The van der Waals surface area contributed by atoms with E-state index in [1.54, 1.807) is 25.4 Å². The molecule has 184 valence electrons. The minimum absolute atomic E-state index is 0.216. The first-order chi connectivity index (χ1) is 17.8. The van der Waals surface area contributed by atoms with Crippen molar-refractivity contribution < 1.29 is 4.79 Å². The number of carbonyl (C=O) groups excluding carboxylic acids is 1. The van der Waals surface area contributed by atoms with Crippen molar-refractivity contribution in [1.82, 2.24) is 24.5 Å². The van der Waals surface area contributed by atoms with Gasteiger partial charge in [0.25, 0.3) is 5.91 Å². The van der Waals surface area contributed by atoms with E-state index in [1.165, 1.54) is 6.33 Å². The zero-order valence-electron chi connectivity index (χ0n) is 20.8. The Morgan fingerprint density at radius 3 is 2.27 bits per heavy atom. The minimum atomic E-state index is -0.216. The van der Waals surface area contributed by atoms with Crippen LogP contribution in [0, 0.1) is 0 Å². The number of aromatic nitrogens is 5. The predicted molar refractivity (Wildman–Crippen MR) is 147 cm³/mol. The molecule has 5 rings (SSSR count). The Bertz CT molecular complexity index is 1610. The zero-order valence-corrected chi connectivity index (χ0v) is 20.8. The SMILES string of the molecule is C=C(C)C(=O)Nc1ccc(-c2c(-c3ccc(N(C)c4ncccn4)cc3)c3c(N)ncnc3n2C)cc1. The smallest absolute Gasteiger partial charge is 0.250 e. The summed E-state index contributed by atoms with van der Waals surface area (Å²) in [5, 5.41) is 3.63. The van der Waals surface area contributed by atoms with Crippen LogP contribution >= 0.6 is 0 Å². The summed E-state index contributed by atoms with van der Waals surface area (Å²) in [5.41, 5.74) is 13.0. The fourth-order valence-electron chi connectivity index (χ4n) is 4.28. The zero-order chi connectivity index (χ0) is 26.1. The molecule has 0 bridgehead atoms. The van der Waals surface area contributed by atoms with Crippen LogP contribution < -0.4 is 16.0 Å². The summed E-state index contributed by atoms with van der Waals surface area (Å²) in [6, 6.07) is 17.6. The molecular weight excluding hydrogens is 464 g/mol. The standard InChI is InChI=1S/C28H26N8O/c1-17(2)27(37)34-20-10-6-19(7-11-20)24-22(23-25(29)32-16-33-26(23)36(24)4)18-8-12-21(13-9-18)35(3)28-30-14-5-15-31-28/h5-16H,1H2,2-4H3,(H,34,37)(H2,29,32,33). The largest absolute Gasteiger partial charge is 0.383 e. The van der Waals surface area contributed by atoms with Crippen LogP contribution in [0.5, 0.6) is 0 Å². The van der Waals surface area contributed by atoms with Gasteiger partial charge in [0, 0.05) is 49.0 Å². The van der Waals surface area contributed by atoms with Gasteiger partial charge in [-0.25, -0.2) is 19.9 Å². The summed E-state index contributed by atoms with van der Waals surface area (Å²) in [7, 11) is 3.88. The maximum Gasteiger partial charge on any atom is 0.250 e. The summed E-state index contributed by atoms with van der Waals surface area (Å²) < 4.78 is 2.02. The third-order valence-corrected chi connectivity index (χ3v) is 6.20. The van der Waals surface area contributed by atoms with Gasteiger partial charge in [-0.2, -0.15) is 0 Å². The Balaban J connectivity index is 1.60. The van der Waals surface area contributed by atoms with Gasteiger partial charge in [-0.1, -0.05) is 30.8 Å². The number of amides is 1. The first kappa shape index (κ1) is 23.7. The molecule has 0 spiro atoms. The second-order valence-electron chi connectivity index (χ2n) is 8.71. The van der Waals surface area contributed by atoms with Crippen molar-refractivity contribution in [3.05, 3.63) is 85.5 Å². The first-order valence-electron chi connectivity index (χ1n) is 11.6. The van der Waals surface area contributed by atoms with E-state index in [1.807, 2.05) is 72.1 Å². The fourth-order valence-corrected chi connectivity index (χ4v) is 4.28. The Kier molecular flexibility index (Phi) is 6.10. The van der Waals surface area contributed by atoms with E-state index < -0.39 is 0 Å². The maximum absolute atomic E-state index is 12.0. The Morgan fingerprint density at radius 1 is 0.973 bits per heavy atom. The second kappa shape index (κ2) is 9.54. The number of nitrogens with one attached hydrogen (secondary N) is 1. The summed E-state index contributed by atoms with van der Waals surface area (Å²) in [5.74, 6) is 0.802. The monoisotopic (exact) mass is 490 g/mol. The number of rotatable bonds is 6. The third-order valence-electron chi connectivity index (χ3n) is 6.20. The van der Waals surface area contributed by atoms with E-state index in [4.69, 9.17) is 5.73 Å². The van der Waals surface area contributed by atoms with Crippen LogP contribution in [0.4, 0.5) is 23.1 Å². The lowest BCUT2D eigenvalue weighted by Crippen LogP contribution is -2.12. The van der Waals surface area contributed by atoms with Crippen LogP contribution in [0.3, 0.4) is 0 Å². The van der Waals surface area contributed by atoms with Crippen LogP contribution in [0.1, 0.15) is 6.92 Å². The molecule has 0 saturated heterocycles. The van der Waals surface area contributed by atoms with E-state index in [-0.39, 0.29) is 5.91 Å². The van der Waals surface area contributed by atoms with E-state index in [0.717, 1.165) is 39.1 Å². The number of hydrogen-bond donors (Lipinski definition) is 2. The number of aryl methyl sites for hydroxylation is 1. The van der Waals surface area contributed by atoms with Gasteiger partial charge >= 0.3 is 0 Å². The number of nitrogens with zero attached hydrogens (tertiary/aromatic N) is 6. The molecule has 9 heteroatoms. The quantitative estimate of drug-likeness (QED) is 0.323. The van der Waals surface area contributed by atoms with Crippen molar-refractivity contribution in [3.8, 4) is 22.4 Å². The molecule has 2 aromatic carbocycles. The lowest BCUT2D eigenvalue weighted by Gasteiger charge is -2.17. The molecule has 0 fully saturated rings. The number of nitrogens with two attached hydrogens (primary N) is 1. The van der Waals surface area contributed by atoms with Gasteiger partial charge in [-0.05, 0) is 48.4 Å². The van der Waals surface area contributed by atoms with Gasteiger partial charge in [0.15, 0.2) is 0 Å². The average molecular weight is 491 g/mol. The highest BCUT2D eigenvalue weighted by molar-refractivity contribution is 6.08. The van der Waals surface area contributed by atoms with Crippen molar-refractivity contribution in [2.45, 2.75) is 6.92 Å². The molecule has 0 aliphatic carbocycles. The van der Waals surface area contributed by atoms with Crippen molar-refractivity contribution in [2.75, 3.05) is 23.0 Å². The van der Waals surface area contributed by atoms with Crippen LogP contribution in [0.2, 0.25) is 0 Å². The van der Waals surface area contributed by atoms with Crippen LogP contribution in [-0.2, 0) is 11.8 Å². The van der Waals surface area contributed by atoms with Gasteiger partial charge in [-0.15, -0.1) is 0 Å². The van der Waals surface area contributed by atoms with Gasteiger partial charge < -0.3 is 20.5 Å². The average Bonchev–Trinajstić information content (AvgIpc) is 3.22. The minimum Gasteiger partial charge on any atom is -0.383 e. The van der Waals surface area contributed by atoms with Crippen LogP contribution in [0.15, 0.2) is 85.5 Å². The molecule has 5 aromatic rings. The molecule has 0 aliphatic rings. The van der Waals surface area contributed by atoms with Gasteiger partial charge in [0.1, 0.15) is 17.8 Å². The number of nitrogen functional groups attached to an aromatic ring is 1. The topological polar surface area (TPSA) is 115 Å². The molecular formula is C28H26N8O. The molecule has 3 heterocycles. The fraction of sp³-hybridized carbons (Fsp3) is 0.107. The number of carbonyl (C=O) groups is 1. The Hall–Kier alpha value is -5.05. The number of fused-ring (bicyclic) bond motifs is 1. The Morgan fingerprint density at radius 2 is 1.62 bits per heavy atom. The molecule has 0 atom stereocenters. The van der Waals surface area contributed by atoms with E-state index in [0.29, 0.717) is 23.0 Å². The highest BCUT2D eigenvalue weighted by atomic mass is 16.1. The van der Waals surface area contributed by atoms with Crippen LogP contribution in [-0.4, -0.2) is 37.5 Å². The first-order valence-corrected chi connectivity index (χ1v) is 11.6. The Labute approximate surface area is 214 Å². The number of benzene rings is 2. The van der Waals surface area contributed by atoms with Gasteiger partial charge in [0.2, 0.25) is 5.95 Å². The maximum atomic E-state index is 12.0. The van der Waals surface area contributed by atoms with Crippen molar-refractivity contribution in [2.24, 2.45) is 7.05 Å². The highest BCUT2D eigenvalue weighted by Gasteiger charge is 2.22. The highest BCUT2D eigenvalue weighted by Crippen LogP contribution is 2.42. The van der Waals surface area contributed by atoms with Gasteiger partial charge in [-0.3, -0.25) is 4.79 Å². The molecule has 3 aromatic heterocycles. The molecule has 1 amide bonds. The van der Waals surface area contributed by atoms with Crippen molar-refractivity contribution >= 4 is 40.1 Å². The van der Waals surface area contributed by atoms with E-state index in [2.05, 4.69) is 31.8 Å². The lowest BCUT2D eigenvalue weighted by molar-refractivity contribution is -0.112. The molecule has 0 radical (unpaired) electrons. The molecule has 0 saturated carbocycles. The number of hydrogen-bond acceptors (Lipinski definition) is 7. The molecule has 9 nitrogen and oxygen atoms in total. The summed E-state index contributed by atoms with van der Waals surface area (Å²) >= 11 is 0. The summed E-state index contributed by atoms with van der Waals surface area (Å²) in [4.78, 5) is 31.4. The third kappa shape index (κ3) is 4.38. The van der Waals surface area contributed by atoms with Crippen molar-refractivity contribution in [1.29, 1.82) is 0 Å². The lowest BCUT2D eigenvalue weighted by atomic mass is 9.98. The molecule has 3 N–H and O–H groups in total. The summed E-state index contributed by atoms with van der Waals surface area (Å²) in [6.07, 6.45) is 4.90. The van der Waals surface area contributed by atoms with E-state index >= 15 is 0 Å². The van der Waals surface area contributed by atoms with Gasteiger partial charge in [0.05, 0.1) is 11.1 Å². The normalized spacial score (nSPS) is 10.9. The molecule has 37 heavy (non-hydrogen) atoms. The predicted octanol–water partition coefficient (Wildman–Crippen LogP) is 4.96. The van der Waals surface area contributed by atoms with Crippen LogP contribution in [0.25, 0.3) is 33.4 Å². The second-order valence-corrected chi connectivity index (χ2v) is 8.71.